The van der Waals surface area contributed by atoms with Gasteiger partial charge in [0.2, 0.25) is 21.8 Å². The first-order valence-corrected chi connectivity index (χ1v) is 15.3. The van der Waals surface area contributed by atoms with Gasteiger partial charge in [0.05, 0.1) is 34.1 Å². The molecule has 1 aliphatic carbocycles. The molecule has 1 aliphatic rings. The number of benzene rings is 2. The smallest absolute Gasteiger partial charge is 0.244 e. The second-order valence-corrected chi connectivity index (χ2v) is 12.4. The molecule has 1 fully saturated rings. The Hall–Kier alpha value is -2.20. The maximum Gasteiger partial charge on any atom is 0.244 e. The van der Waals surface area contributed by atoms with Crippen LogP contribution in [-0.4, -0.2) is 57.1 Å². The summed E-state index contributed by atoms with van der Waals surface area (Å²) in [6.07, 6.45) is 5.19. The molecule has 1 N–H and O–H groups in total. The summed E-state index contributed by atoms with van der Waals surface area (Å²) in [6.45, 7) is 1.32. The molecule has 0 radical (unpaired) electrons. The minimum Gasteiger partial charge on any atom is -0.497 e. The van der Waals surface area contributed by atoms with E-state index in [4.69, 9.17) is 39.5 Å². The van der Waals surface area contributed by atoms with Crippen molar-refractivity contribution in [2.45, 2.75) is 57.7 Å². The van der Waals surface area contributed by atoms with Crippen molar-refractivity contribution in [3.8, 4) is 5.75 Å². The monoisotopic (exact) mass is 603 g/mol. The summed E-state index contributed by atoms with van der Waals surface area (Å²) < 4.78 is 31.7. The van der Waals surface area contributed by atoms with Gasteiger partial charge in [0.1, 0.15) is 18.3 Å². The van der Waals surface area contributed by atoms with E-state index in [0.717, 1.165) is 41.8 Å². The number of nitrogens with zero attached hydrogens (tertiary/aromatic N) is 2. The molecule has 2 amide bonds. The molecule has 1 atom stereocenters. The van der Waals surface area contributed by atoms with E-state index in [2.05, 4.69) is 5.32 Å². The summed E-state index contributed by atoms with van der Waals surface area (Å²) in [7, 11) is -2.41. The summed E-state index contributed by atoms with van der Waals surface area (Å²) in [4.78, 5) is 28.6. The van der Waals surface area contributed by atoms with Crippen LogP contribution in [0.3, 0.4) is 0 Å². The van der Waals surface area contributed by atoms with Crippen molar-refractivity contribution >= 4 is 62.3 Å². The summed E-state index contributed by atoms with van der Waals surface area (Å²) in [5.41, 5.74) is 0.773. The van der Waals surface area contributed by atoms with E-state index in [9.17, 15) is 18.0 Å². The second-order valence-electron chi connectivity index (χ2n) is 9.27. The van der Waals surface area contributed by atoms with E-state index in [1.165, 1.54) is 17.0 Å². The molecule has 0 aliphatic heterocycles. The topological polar surface area (TPSA) is 96.0 Å². The quantitative estimate of drug-likeness (QED) is 0.352. The third-order valence-corrected chi connectivity index (χ3v) is 8.69. The molecule has 2 aromatic rings. The minimum atomic E-state index is -3.97. The van der Waals surface area contributed by atoms with Crippen molar-refractivity contribution in [1.82, 2.24) is 10.2 Å². The van der Waals surface area contributed by atoms with Gasteiger partial charge >= 0.3 is 0 Å². The number of ether oxygens (including phenoxy) is 1. The van der Waals surface area contributed by atoms with E-state index >= 15 is 0 Å². The standard InChI is InChI=1S/C26H32Cl3N3O5S/c1-4-23(26(34)30-18-7-5-6-8-18)31(15-17-9-11-19(37-2)12-10-17)25(33)16-32(38(3,35)36)24-14-21(28)20(27)13-22(24)29/h9-14,18,23H,4-8,15-16H2,1-3H3,(H,30,34)/t23-/m0/s1. The molecule has 208 valence electrons. The van der Waals surface area contributed by atoms with E-state index in [0.29, 0.717) is 12.2 Å². The number of anilines is 1. The predicted molar refractivity (Wildman–Crippen MR) is 152 cm³/mol. The Labute approximate surface area is 239 Å². The Balaban J connectivity index is 1.96. The van der Waals surface area contributed by atoms with E-state index < -0.39 is 28.5 Å². The number of hydrogen-bond donors (Lipinski definition) is 1. The molecule has 0 bridgehead atoms. The average Bonchev–Trinajstić information content (AvgIpc) is 3.37. The molecule has 2 aromatic carbocycles. The fourth-order valence-corrected chi connectivity index (χ4v) is 6.06. The van der Waals surface area contributed by atoms with Crippen molar-refractivity contribution in [3.63, 3.8) is 0 Å². The van der Waals surface area contributed by atoms with Gasteiger partial charge < -0.3 is 15.0 Å². The first kappa shape index (κ1) is 30.3. The lowest BCUT2D eigenvalue weighted by Crippen LogP contribution is -2.53. The van der Waals surface area contributed by atoms with Crippen LogP contribution in [0.5, 0.6) is 5.75 Å². The molecular formula is C26H32Cl3N3O5S. The van der Waals surface area contributed by atoms with E-state index in [1.807, 2.05) is 6.92 Å². The summed E-state index contributed by atoms with van der Waals surface area (Å²) in [5, 5.41) is 3.32. The zero-order chi connectivity index (χ0) is 28.0. The Kier molecular flexibility index (Phi) is 10.6. The number of amides is 2. The van der Waals surface area contributed by atoms with Crippen molar-refractivity contribution in [2.75, 3.05) is 24.2 Å². The first-order chi connectivity index (χ1) is 17.9. The molecule has 0 saturated heterocycles. The number of sulfonamides is 1. The van der Waals surface area contributed by atoms with Crippen LogP contribution in [0.15, 0.2) is 36.4 Å². The van der Waals surface area contributed by atoms with Crippen LogP contribution in [0.1, 0.15) is 44.6 Å². The molecule has 0 aromatic heterocycles. The Bertz CT molecular complexity index is 1250. The molecule has 0 heterocycles. The fourth-order valence-electron chi connectivity index (χ4n) is 4.51. The number of carbonyl (C=O) groups excluding carboxylic acids is 2. The van der Waals surface area contributed by atoms with Crippen LogP contribution in [0.4, 0.5) is 5.69 Å². The van der Waals surface area contributed by atoms with Gasteiger partial charge in [0.15, 0.2) is 0 Å². The fraction of sp³-hybridized carbons (Fsp3) is 0.462. The number of rotatable bonds is 11. The lowest BCUT2D eigenvalue weighted by atomic mass is 10.1. The third kappa shape index (κ3) is 7.68. The molecule has 1 saturated carbocycles. The largest absolute Gasteiger partial charge is 0.497 e. The maximum atomic E-state index is 13.8. The van der Waals surface area contributed by atoms with Gasteiger partial charge in [-0.3, -0.25) is 13.9 Å². The van der Waals surface area contributed by atoms with Gasteiger partial charge in [-0.1, -0.05) is 66.7 Å². The number of methoxy groups -OCH3 is 1. The molecule has 38 heavy (non-hydrogen) atoms. The zero-order valence-electron chi connectivity index (χ0n) is 21.5. The van der Waals surface area contributed by atoms with Gasteiger partial charge in [-0.05, 0) is 49.1 Å². The lowest BCUT2D eigenvalue weighted by molar-refractivity contribution is -0.140. The zero-order valence-corrected chi connectivity index (χ0v) is 24.6. The molecule has 3 rings (SSSR count). The maximum absolute atomic E-state index is 13.8. The summed E-state index contributed by atoms with van der Waals surface area (Å²) in [6, 6.07) is 9.00. The van der Waals surface area contributed by atoms with Crippen LogP contribution in [-0.2, 0) is 26.2 Å². The van der Waals surface area contributed by atoms with Crippen molar-refractivity contribution < 1.29 is 22.7 Å². The summed E-state index contributed by atoms with van der Waals surface area (Å²) in [5.74, 6) is -0.184. The number of nitrogens with one attached hydrogen (secondary N) is 1. The Morgan fingerprint density at radius 1 is 1.05 bits per heavy atom. The van der Waals surface area contributed by atoms with Crippen LogP contribution < -0.4 is 14.4 Å². The molecular weight excluding hydrogens is 573 g/mol. The lowest BCUT2D eigenvalue weighted by Gasteiger charge is -2.33. The Morgan fingerprint density at radius 3 is 2.21 bits per heavy atom. The van der Waals surface area contributed by atoms with Crippen LogP contribution >= 0.6 is 34.8 Å². The number of hydrogen-bond acceptors (Lipinski definition) is 5. The predicted octanol–water partition coefficient (Wildman–Crippen LogP) is 5.29. The SMILES string of the molecule is CC[C@@H](C(=O)NC1CCCC1)N(Cc1ccc(OC)cc1)C(=O)CN(c1cc(Cl)c(Cl)cc1Cl)S(C)(=O)=O. The highest BCUT2D eigenvalue weighted by Crippen LogP contribution is 2.35. The molecule has 12 heteroatoms. The van der Waals surface area contributed by atoms with E-state index in [1.54, 1.807) is 31.4 Å². The van der Waals surface area contributed by atoms with Gasteiger partial charge in [-0.25, -0.2) is 8.42 Å². The van der Waals surface area contributed by atoms with E-state index in [-0.39, 0.29) is 39.2 Å². The van der Waals surface area contributed by atoms with Crippen LogP contribution in [0.25, 0.3) is 0 Å². The highest BCUT2D eigenvalue weighted by atomic mass is 35.5. The highest BCUT2D eigenvalue weighted by Gasteiger charge is 2.33. The first-order valence-electron chi connectivity index (χ1n) is 12.3. The third-order valence-electron chi connectivity index (χ3n) is 6.54. The average molecular weight is 605 g/mol. The number of carbonyl (C=O) groups is 2. The van der Waals surface area contributed by atoms with Crippen LogP contribution in [0.2, 0.25) is 15.1 Å². The molecule has 0 spiro atoms. The van der Waals surface area contributed by atoms with Crippen molar-refractivity contribution in [2.24, 2.45) is 0 Å². The normalized spacial score (nSPS) is 14.7. The van der Waals surface area contributed by atoms with Gasteiger partial charge in [0.25, 0.3) is 0 Å². The summed E-state index contributed by atoms with van der Waals surface area (Å²) >= 11 is 18.5. The minimum absolute atomic E-state index is 0.0183. The molecule has 8 nitrogen and oxygen atoms in total. The van der Waals surface area contributed by atoms with Crippen molar-refractivity contribution in [3.05, 3.63) is 57.0 Å². The molecule has 0 unspecified atom stereocenters. The number of halogens is 3. The second kappa shape index (κ2) is 13.2. The van der Waals surface area contributed by atoms with Crippen LogP contribution in [0, 0.1) is 0 Å². The Morgan fingerprint density at radius 2 is 1.66 bits per heavy atom. The highest BCUT2D eigenvalue weighted by molar-refractivity contribution is 7.92. The van der Waals surface area contributed by atoms with Crippen molar-refractivity contribution in [1.29, 1.82) is 0 Å². The van der Waals surface area contributed by atoms with Gasteiger partial charge in [-0.2, -0.15) is 0 Å². The van der Waals surface area contributed by atoms with Gasteiger partial charge in [0, 0.05) is 12.6 Å². The van der Waals surface area contributed by atoms with Gasteiger partial charge in [-0.15, -0.1) is 0 Å².